The molecule has 1 unspecified atom stereocenters. The van der Waals surface area contributed by atoms with Gasteiger partial charge in [-0.25, -0.2) is 0 Å². The first-order chi connectivity index (χ1) is 9.93. The van der Waals surface area contributed by atoms with E-state index in [1.54, 1.807) is 18.2 Å². The molecule has 0 saturated heterocycles. The smallest absolute Gasteiger partial charge is 0.262 e. The Labute approximate surface area is 124 Å². The number of fused-ring (bicyclic) bond motifs is 1. The summed E-state index contributed by atoms with van der Waals surface area (Å²) < 4.78 is 5.34. The van der Waals surface area contributed by atoms with Crippen LogP contribution < -0.4 is 15.4 Å². The number of amides is 2. The Balaban J connectivity index is 1.70. The van der Waals surface area contributed by atoms with Gasteiger partial charge < -0.3 is 15.4 Å². The summed E-state index contributed by atoms with van der Waals surface area (Å²) in [6.07, 6.45) is 3.17. The van der Waals surface area contributed by atoms with Gasteiger partial charge in [-0.2, -0.15) is 0 Å². The molecule has 1 atom stereocenters. The largest absolute Gasteiger partial charge is 0.482 e. The van der Waals surface area contributed by atoms with Gasteiger partial charge >= 0.3 is 0 Å². The number of nitrogens with one attached hydrogen (secondary N) is 2. The van der Waals surface area contributed by atoms with Crippen LogP contribution in [0.5, 0.6) is 5.75 Å². The molecule has 112 valence electrons. The minimum absolute atomic E-state index is 0.00507. The molecule has 0 bridgehead atoms. The second kappa shape index (κ2) is 5.06. The van der Waals surface area contributed by atoms with Crippen molar-refractivity contribution in [1.29, 1.82) is 0 Å². The van der Waals surface area contributed by atoms with Crippen molar-refractivity contribution in [1.82, 2.24) is 5.32 Å². The number of hydrogen-bond donors (Lipinski definition) is 2. The molecule has 21 heavy (non-hydrogen) atoms. The SMILES string of the molecule is CC1(C)CCC(NC(=O)c2ccc3c(c2)OCC(=O)N3)C1. The molecule has 2 N–H and O–H groups in total. The van der Waals surface area contributed by atoms with Gasteiger partial charge in [0.15, 0.2) is 6.61 Å². The minimum Gasteiger partial charge on any atom is -0.482 e. The highest BCUT2D eigenvalue weighted by molar-refractivity contribution is 5.99. The van der Waals surface area contributed by atoms with E-state index in [0.717, 1.165) is 19.3 Å². The van der Waals surface area contributed by atoms with E-state index in [1.807, 2.05) is 0 Å². The van der Waals surface area contributed by atoms with Crippen molar-refractivity contribution in [3.63, 3.8) is 0 Å². The molecule has 1 fully saturated rings. The molecule has 1 saturated carbocycles. The van der Waals surface area contributed by atoms with Crippen molar-refractivity contribution in [2.75, 3.05) is 11.9 Å². The predicted octanol–water partition coefficient (Wildman–Crippen LogP) is 2.33. The second-order valence-corrected chi connectivity index (χ2v) is 6.63. The Morgan fingerprint density at radius 1 is 1.43 bits per heavy atom. The normalized spacial score (nSPS) is 23.0. The van der Waals surface area contributed by atoms with E-state index in [4.69, 9.17) is 4.74 Å². The van der Waals surface area contributed by atoms with Crippen LogP contribution in [0.4, 0.5) is 5.69 Å². The summed E-state index contributed by atoms with van der Waals surface area (Å²) in [5, 5.41) is 5.80. The fraction of sp³-hybridized carbons (Fsp3) is 0.500. The first-order valence-corrected chi connectivity index (χ1v) is 7.30. The lowest BCUT2D eigenvalue weighted by molar-refractivity contribution is -0.118. The van der Waals surface area contributed by atoms with Gasteiger partial charge in [0.25, 0.3) is 11.8 Å². The number of rotatable bonds is 2. The molecule has 1 aromatic rings. The summed E-state index contributed by atoms with van der Waals surface area (Å²) >= 11 is 0. The molecule has 1 aliphatic heterocycles. The topological polar surface area (TPSA) is 67.4 Å². The number of benzene rings is 1. The van der Waals surface area contributed by atoms with Gasteiger partial charge in [-0.05, 0) is 42.9 Å². The lowest BCUT2D eigenvalue weighted by Crippen LogP contribution is -2.33. The van der Waals surface area contributed by atoms with Crippen LogP contribution in [-0.4, -0.2) is 24.5 Å². The van der Waals surface area contributed by atoms with Crippen LogP contribution in [0.2, 0.25) is 0 Å². The fourth-order valence-corrected chi connectivity index (χ4v) is 3.04. The molecule has 1 heterocycles. The van der Waals surface area contributed by atoms with Crippen molar-refractivity contribution in [2.45, 2.75) is 39.2 Å². The summed E-state index contributed by atoms with van der Waals surface area (Å²) in [5.41, 5.74) is 1.49. The zero-order chi connectivity index (χ0) is 15.0. The van der Waals surface area contributed by atoms with E-state index in [0.29, 0.717) is 22.4 Å². The summed E-state index contributed by atoms with van der Waals surface area (Å²) in [7, 11) is 0. The van der Waals surface area contributed by atoms with Crippen LogP contribution in [0.15, 0.2) is 18.2 Å². The van der Waals surface area contributed by atoms with Crippen LogP contribution in [-0.2, 0) is 4.79 Å². The second-order valence-electron chi connectivity index (χ2n) is 6.63. The van der Waals surface area contributed by atoms with E-state index in [1.165, 1.54) is 0 Å². The van der Waals surface area contributed by atoms with E-state index >= 15 is 0 Å². The minimum atomic E-state index is -0.173. The van der Waals surface area contributed by atoms with Gasteiger partial charge in [-0.15, -0.1) is 0 Å². The van der Waals surface area contributed by atoms with E-state index in [9.17, 15) is 9.59 Å². The van der Waals surface area contributed by atoms with E-state index in [2.05, 4.69) is 24.5 Å². The molecule has 0 spiro atoms. The molecule has 2 amide bonds. The third-order valence-corrected chi connectivity index (χ3v) is 4.18. The fourth-order valence-electron chi connectivity index (χ4n) is 3.04. The van der Waals surface area contributed by atoms with Crippen molar-refractivity contribution >= 4 is 17.5 Å². The van der Waals surface area contributed by atoms with Crippen LogP contribution in [0.1, 0.15) is 43.5 Å². The van der Waals surface area contributed by atoms with Crippen LogP contribution in [0, 0.1) is 5.41 Å². The Morgan fingerprint density at radius 3 is 2.95 bits per heavy atom. The monoisotopic (exact) mass is 288 g/mol. The lowest BCUT2D eigenvalue weighted by Gasteiger charge is -2.20. The van der Waals surface area contributed by atoms with Gasteiger partial charge in [0.1, 0.15) is 5.75 Å². The van der Waals surface area contributed by atoms with Gasteiger partial charge in [0, 0.05) is 11.6 Å². The zero-order valence-electron chi connectivity index (χ0n) is 12.4. The summed E-state index contributed by atoms with van der Waals surface area (Å²) in [5.74, 6) is 0.294. The molecule has 2 aliphatic rings. The van der Waals surface area contributed by atoms with E-state index in [-0.39, 0.29) is 24.5 Å². The Bertz CT molecular complexity index is 595. The molecule has 5 heteroatoms. The molecule has 1 aliphatic carbocycles. The molecule has 3 rings (SSSR count). The maximum atomic E-state index is 12.3. The highest BCUT2D eigenvalue weighted by atomic mass is 16.5. The molecule has 0 aromatic heterocycles. The van der Waals surface area contributed by atoms with Gasteiger partial charge in [0.05, 0.1) is 5.69 Å². The van der Waals surface area contributed by atoms with Gasteiger partial charge in [0.2, 0.25) is 0 Å². The average Bonchev–Trinajstić information content (AvgIpc) is 2.77. The Morgan fingerprint density at radius 2 is 2.24 bits per heavy atom. The van der Waals surface area contributed by atoms with Crippen LogP contribution in [0.25, 0.3) is 0 Å². The standard InChI is InChI=1S/C16H20N2O3/c1-16(2)6-5-11(8-16)17-15(20)10-3-4-12-13(7-10)21-9-14(19)18-12/h3-4,7,11H,5-6,8-9H2,1-2H3,(H,17,20)(H,18,19). The van der Waals surface area contributed by atoms with Crippen LogP contribution >= 0.6 is 0 Å². The third-order valence-electron chi connectivity index (χ3n) is 4.18. The van der Waals surface area contributed by atoms with E-state index < -0.39 is 0 Å². The number of ether oxygens (including phenoxy) is 1. The third kappa shape index (κ3) is 3.01. The van der Waals surface area contributed by atoms with Crippen molar-refractivity contribution in [3.05, 3.63) is 23.8 Å². The zero-order valence-corrected chi connectivity index (χ0v) is 12.4. The van der Waals surface area contributed by atoms with Crippen molar-refractivity contribution in [3.8, 4) is 5.75 Å². The number of hydrogen-bond acceptors (Lipinski definition) is 3. The molecular formula is C16H20N2O3. The quantitative estimate of drug-likeness (QED) is 0.877. The average molecular weight is 288 g/mol. The molecular weight excluding hydrogens is 268 g/mol. The highest BCUT2D eigenvalue weighted by Gasteiger charge is 2.32. The summed E-state index contributed by atoms with van der Waals surface area (Å²) in [6, 6.07) is 5.34. The predicted molar refractivity (Wildman–Crippen MR) is 79.5 cm³/mol. The first-order valence-electron chi connectivity index (χ1n) is 7.30. The molecule has 5 nitrogen and oxygen atoms in total. The number of carbonyl (C=O) groups is 2. The van der Waals surface area contributed by atoms with Gasteiger partial charge in [-0.3, -0.25) is 9.59 Å². The number of anilines is 1. The number of carbonyl (C=O) groups excluding carboxylic acids is 2. The summed E-state index contributed by atoms with van der Waals surface area (Å²) in [4.78, 5) is 23.5. The summed E-state index contributed by atoms with van der Waals surface area (Å²) in [6.45, 7) is 4.46. The van der Waals surface area contributed by atoms with Gasteiger partial charge in [-0.1, -0.05) is 13.8 Å². The lowest BCUT2D eigenvalue weighted by atomic mass is 9.92. The van der Waals surface area contributed by atoms with Crippen molar-refractivity contribution in [2.24, 2.45) is 5.41 Å². The maximum absolute atomic E-state index is 12.3. The maximum Gasteiger partial charge on any atom is 0.262 e. The Kier molecular flexibility index (Phi) is 3.35. The molecule has 0 radical (unpaired) electrons. The Hall–Kier alpha value is -2.04. The van der Waals surface area contributed by atoms with Crippen LogP contribution in [0.3, 0.4) is 0 Å². The first kappa shape index (κ1) is 13.9. The highest BCUT2D eigenvalue weighted by Crippen LogP contribution is 2.37. The van der Waals surface area contributed by atoms with Crippen molar-refractivity contribution < 1.29 is 14.3 Å². The molecule has 1 aromatic carbocycles.